The van der Waals surface area contributed by atoms with Gasteiger partial charge in [0.1, 0.15) is 24.4 Å². The molecule has 1 amide bonds. The minimum atomic E-state index is -0.677. The number of fused-ring (bicyclic) bond motifs is 2. The number of para-hydroxylation sites is 1. The van der Waals surface area contributed by atoms with Crippen LogP contribution in [0.1, 0.15) is 10.4 Å². The van der Waals surface area contributed by atoms with Crippen LogP contribution in [0, 0.1) is 0 Å². The van der Waals surface area contributed by atoms with Crippen molar-refractivity contribution in [2.75, 3.05) is 18.5 Å². The van der Waals surface area contributed by atoms with E-state index in [0.717, 1.165) is 0 Å². The lowest BCUT2D eigenvalue weighted by molar-refractivity contribution is 0.102. The van der Waals surface area contributed by atoms with Crippen molar-refractivity contribution in [3.05, 3.63) is 64.5 Å². The predicted molar refractivity (Wildman–Crippen MR) is 87.9 cm³/mol. The van der Waals surface area contributed by atoms with Gasteiger partial charge in [0.25, 0.3) is 5.91 Å². The first-order valence-corrected chi connectivity index (χ1v) is 7.44. The quantitative estimate of drug-likeness (QED) is 0.734. The van der Waals surface area contributed by atoms with Crippen LogP contribution in [0.4, 0.5) is 5.69 Å². The summed E-state index contributed by atoms with van der Waals surface area (Å²) in [6.45, 7) is 0.954. The second-order valence-corrected chi connectivity index (χ2v) is 5.30. The summed E-state index contributed by atoms with van der Waals surface area (Å²) in [5, 5.41) is 3.36. The van der Waals surface area contributed by atoms with E-state index in [9.17, 15) is 9.59 Å². The van der Waals surface area contributed by atoms with Gasteiger partial charge in [0.15, 0.2) is 11.5 Å². The number of nitrogens with one attached hydrogen (secondary N) is 1. The van der Waals surface area contributed by atoms with Crippen LogP contribution in [0.25, 0.3) is 11.0 Å². The van der Waals surface area contributed by atoms with Gasteiger partial charge in [-0.15, -0.1) is 0 Å². The fourth-order valence-corrected chi connectivity index (χ4v) is 2.54. The van der Waals surface area contributed by atoms with E-state index in [-0.39, 0.29) is 5.56 Å². The molecule has 1 N–H and O–H groups in total. The molecule has 6 heteroatoms. The summed E-state index contributed by atoms with van der Waals surface area (Å²) < 4.78 is 16.1. The van der Waals surface area contributed by atoms with Gasteiger partial charge in [0, 0.05) is 17.1 Å². The van der Waals surface area contributed by atoms with Crippen LogP contribution in [-0.2, 0) is 0 Å². The van der Waals surface area contributed by atoms with Crippen molar-refractivity contribution in [1.82, 2.24) is 0 Å². The molecule has 1 aromatic heterocycles. The smallest absolute Gasteiger partial charge is 0.349 e. The summed E-state index contributed by atoms with van der Waals surface area (Å²) in [4.78, 5) is 24.4. The van der Waals surface area contributed by atoms with E-state index in [2.05, 4.69) is 5.32 Å². The first kappa shape index (κ1) is 14.3. The number of hydrogen-bond donors (Lipinski definition) is 1. The summed E-state index contributed by atoms with van der Waals surface area (Å²) in [6, 6.07) is 13.6. The Morgan fingerprint density at radius 1 is 0.958 bits per heavy atom. The minimum absolute atomic E-state index is 0.0522. The van der Waals surface area contributed by atoms with Crippen LogP contribution in [0.15, 0.2) is 57.7 Å². The first-order valence-electron chi connectivity index (χ1n) is 7.44. The summed E-state index contributed by atoms with van der Waals surface area (Å²) >= 11 is 0. The van der Waals surface area contributed by atoms with E-state index in [1.807, 2.05) is 6.07 Å². The molecule has 6 nitrogen and oxygen atoms in total. The van der Waals surface area contributed by atoms with Crippen LogP contribution in [-0.4, -0.2) is 19.1 Å². The van der Waals surface area contributed by atoms with Gasteiger partial charge in [-0.25, -0.2) is 4.79 Å². The average Bonchev–Trinajstić information content (AvgIpc) is 2.61. The van der Waals surface area contributed by atoms with Crippen molar-refractivity contribution < 1.29 is 18.7 Å². The number of anilines is 1. The summed E-state index contributed by atoms with van der Waals surface area (Å²) in [5.41, 5.74) is 0.225. The SMILES string of the molecule is O=C(Nc1ccc2c(c1)OCCO2)c1cc2ccccc2oc1=O. The second-order valence-electron chi connectivity index (χ2n) is 5.30. The van der Waals surface area contributed by atoms with E-state index >= 15 is 0 Å². The Balaban J connectivity index is 1.64. The molecule has 24 heavy (non-hydrogen) atoms. The van der Waals surface area contributed by atoms with Gasteiger partial charge in [-0.1, -0.05) is 18.2 Å². The highest BCUT2D eigenvalue weighted by Gasteiger charge is 2.16. The number of carbonyl (C=O) groups excluding carboxylic acids is 1. The van der Waals surface area contributed by atoms with Crippen molar-refractivity contribution in [1.29, 1.82) is 0 Å². The highest BCUT2D eigenvalue weighted by molar-refractivity contribution is 6.05. The molecule has 2 heterocycles. The number of amides is 1. The molecule has 0 atom stereocenters. The molecule has 4 rings (SSSR count). The Morgan fingerprint density at radius 2 is 1.75 bits per heavy atom. The van der Waals surface area contributed by atoms with Gasteiger partial charge in [-0.2, -0.15) is 0 Å². The Hall–Kier alpha value is -3.28. The van der Waals surface area contributed by atoms with Gasteiger partial charge in [-0.05, 0) is 24.3 Å². The topological polar surface area (TPSA) is 77.8 Å². The second kappa shape index (κ2) is 5.73. The number of benzene rings is 2. The molecule has 120 valence electrons. The molecular weight excluding hydrogens is 310 g/mol. The third-order valence-electron chi connectivity index (χ3n) is 3.69. The molecule has 0 saturated heterocycles. The van der Waals surface area contributed by atoms with Crippen LogP contribution in [0.3, 0.4) is 0 Å². The highest BCUT2D eigenvalue weighted by atomic mass is 16.6. The lowest BCUT2D eigenvalue weighted by Crippen LogP contribution is -2.21. The molecule has 2 aromatic carbocycles. The maximum absolute atomic E-state index is 12.4. The molecule has 0 radical (unpaired) electrons. The molecule has 3 aromatic rings. The van der Waals surface area contributed by atoms with Crippen molar-refractivity contribution in [3.63, 3.8) is 0 Å². The van der Waals surface area contributed by atoms with Crippen molar-refractivity contribution in [2.45, 2.75) is 0 Å². The van der Waals surface area contributed by atoms with E-state index in [4.69, 9.17) is 13.9 Å². The molecular formula is C18H13NO5. The van der Waals surface area contributed by atoms with Crippen LogP contribution in [0.5, 0.6) is 11.5 Å². The molecule has 0 spiro atoms. The minimum Gasteiger partial charge on any atom is -0.486 e. The molecule has 1 aliphatic rings. The first-order chi connectivity index (χ1) is 11.7. The highest BCUT2D eigenvalue weighted by Crippen LogP contribution is 2.32. The largest absolute Gasteiger partial charge is 0.486 e. The lowest BCUT2D eigenvalue weighted by atomic mass is 10.1. The van der Waals surface area contributed by atoms with Crippen LogP contribution in [0.2, 0.25) is 0 Å². The van der Waals surface area contributed by atoms with Gasteiger partial charge in [-0.3, -0.25) is 4.79 Å². The Kier molecular flexibility index (Phi) is 3.42. The standard InChI is InChI=1S/C18H13NO5/c20-17(13-9-11-3-1-2-4-14(11)24-18(13)21)19-12-5-6-15-16(10-12)23-8-7-22-15/h1-6,9-10H,7-8H2,(H,19,20). The summed E-state index contributed by atoms with van der Waals surface area (Å²) in [6.07, 6.45) is 0. The fourth-order valence-electron chi connectivity index (χ4n) is 2.54. The van der Waals surface area contributed by atoms with Gasteiger partial charge in [0.2, 0.25) is 0 Å². The summed E-state index contributed by atoms with van der Waals surface area (Å²) in [5.74, 6) is 0.653. The van der Waals surface area contributed by atoms with Gasteiger partial charge >= 0.3 is 5.63 Å². The van der Waals surface area contributed by atoms with Crippen molar-refractivity contribution >= 4 is 22.6 Å². The van der Waals surface area contributed by atoms with Gasteiger partial charge in [0.05, 0.1) is 0 Å². The number of carbonyl (C=O) groups is 1. The van der Waals surface area contributed by atoms with E-state index < -0.39 is 11.5 Å². The van der Waals surface area contributed by atoms with E-state index in [0.29, 0.717) is 41.4 Å². The van der Waals surface area contributed by atoms with E-state index in [1.165, 1.54) is 6.07 Å². The average molecular weight is 323 g/mol. The number of hydrogen-bond acceptors (Lipinski definition) is 5. The zero-order valence-corrected chi connectivity index (χ0v) is 12.6. The molecule has 0 saturated carbocycles. The maximum atomic E-state index is 12.4. The molecule has 0 aliphatic carbocycles. The van der Waals surface area contributed by atoms with Crippen molar-refractivity contribution in [2.24, 2.45) is 0 Å². The van der Waals surface area contributed by atoms with Crippen LogP contribution >= 0.6 is 0 Å². The van der Waals surface area contributed by atoms with Crippen LogP contribution < -0.4 is 20.4 Å². The maximum Gasteiger partial charge on any atom is 0.349 e. The third-order valence-corrected chi connectivity index (χ3v) is 3.69. The Morgan fingerprint density at radius 3 is 2.62 bits per heavy atom. The zero-order chi connectivity index (χ0) is 16.5. The Labute approximate surface area is 136 Å². The van der Waals surface area contributed by atoms with E-state index in [1.54, 1.807) is 36.4 Å². The number of rotatable bonds is 2. The molecule has 0 bridgehead atoms. The molecule has 1 aliphatic heterocycles. The zero-order valence-electron chi connectivity index (χ0n) is 12.6. The monoisotopic (exact) mass is 323 g/mol. The normalized spacial score (nSPS) is 12.8. The predicted octanol–water partition coefficient (Wildman–Crippen LogP) is 2.82. The number of ether oxygens (including phenoxy) is 2. The van der Waals surface area contributed by atoms with Gasteiger partial charge < -0.3 is 19.2 Å². The molecule has 0 fully saturated rings. The lowest BCUT2D eigenvalue weighted by Gasteiger charge is -2.18. The molecule has 0 unspecified atom stereocenters. The summed E-state index contributed by atoms with van der Waals surface area (Å²) in [7, 11) is 0. The third kappa shape index (κ3) is 2.58. The Bertz CT molecular complexity index is 992. The fraction of sp³-hybridized carbons (Fsp3) is 0.111. The van der Waals surface area contributed by atoms with Crippen molar-refractivity contribution in [3.8, 4) is 11.5 Å².